The number of aromatic nitrogens is 3. The molecule has 4 bridgehead atoms. The molecule has 0 aliphatic carbocycles. The summed E-state index contributed by atoms with van der Waals surface area (Å²) in [6.45, 7) is 10.3. The van der Waals surface area contributed by atoms with Crippen LogP contribution in [-0.4, -0.2) is 46.8 Å². The molecule has 0 fully saturated rings. The molecule has 0 saturated heterocycles. The summed E-state index contributed by atoms with van der Waals surface area (Å²) in [6, 6.07) is 15.7. The van der Waals surface area contributed by atoms with Gasteiger partial charge in [-0.3, -0.25) is 4.79 Å². The molecule has 2 aromatic carbocycles. The van der Waals surface area contributed by atoms with Gasteiger partial charge in [-0.15, -0.1) is 0 Å². The van der Waals surface area contributed by atoms with Crippen molar-refractivity contribution in [3.8, 4) is 17.1 Å². The molecule has 11 heteroatoms. The Morgan fingerprint density at radius 2 is 1.74 bits per heavy atom. The van der Waals surface area contributed by atoms with Crippen molar-refractivity contribution in [1.29, 1.82) is 0 Å². The van der Waals surface area contributed by atoms with Gasteiger partial charge in [0.1, 0.15) is 6.61 Å². The summed E-state index contributed by atoms with van der Waals surface area (Å²) in [6.07, 6.45) is 1.93. The highest BCUT2D eigenvalue weighted by Gasteiger charge is 2.31. The molecule has 3 heterocycles. The van der Waals surface area contributed by atoms with Gasteiger partial charge in [-0.1, -0.05) is 51.1 Å². The third kappa shape index (κ3) is 6.99. The summed E-state index contributed by atoms with van der Waals surface area (Å²) in [5.41, 5.74) is 3.84. The first-order chi connectivity index (χ1) is 20.3. The molecule has 9 nitrogen and oxygen atoms in total. The van der Waals surface area contributed by atoms with Gasteiger partial charge in [-0.05, 0) is 66.6 Å². The molecule has 43 heavy (non-hydrogen) atoms. The van der Waals surface area contributed by atoms with Crippen molar-refractivity contribution in [2.45, 2.75) is 58.5 Å². The van der Waals surface area contributed by atoms with E-state index in [1.807, 2.05) is 32.0 Å². The number of aryl methyl sites for hydroxylation is 2. The number of halogens is 1. The largest absolute Gasteiger partial charge is 0.475 e. The Morgan fingerprint density at radius 1 is 1.02 bits per heavy atom. The standard InChI is InChI=1S/C32H34FN5O4S/c1-20-8-6-9-21(2)29(20)26-15-28-36-31(35-26)37-43(40,41)25-11-7-10-23(14-25)30(39)38(18-22-12-13-27(33)34-17-22)24(19-42-28)16-32(3,4)5/h6-15,17,24H,16,18-19H2,1-5H3,(H,35,36,37)/t24-/m1/s1. The van der Waals surface area contributed by atoms with Gasteiger partial charge in [0, 0.05) is 29.9 Å². The first-order valence-electron chi connectivity index (χ1n) is 13.9. The van der Waals surface area contributed by atoms with E-state index in [0.29, 0.717) is 17.7 Å². The van der Waals surface area contributed by atoms with Gasteiger partial charge in [-0.2, -0.15) is 9.37 Å². The Morgan fingerprint density at radius 3 is 2.42 bits per heavy atom. The summed E-state index contributed by atoms with van der Waals surface area (Å²) >= 11 is 0. The Kier molecular flexibility index (Phi) is 8.20. The first-order valence-corrected chi connectivity index (χ1v) is 15.4. The quantitative estimate of drug-likeness (QED) is 0.287. The number of pyridine rings is 1. The molecule has 0 spiro atoms. The van der Waals surface area contributed by atoms with Crippen molar-refractivity contribution in [2.75, 3.05) is 11.3 Å². The predicted octanol–water partition coefficient (Wildman–Crippen LogP) is 5.93. The van der Waals surface area contributed by atoms with Crippen LogP contribution >= 0.6 is 0 Å². The normalized spacial score (nSPS) is 16.7. The van der Waals surface area contributed by atoms with E-state index < -0.39 is 27.9 Å². The molecule has 0 saturated carbocycles. The lowest BCUT2D eigenvalue weighted by Gasteiger charge is -2.35. The van der Waals surface area contributed by atoms with Gasteiger partial charge in [0.2, 0.25) is 17.8 Å². The maximum atomic E-state index is 14.1. The van der Waals surface area contributed by atoms with E-state index in [1.165, 1.54) is 30.5 Å². The molecule has 0 unspecified atom stereocenters. The van der Waals surface area contributed by atoms with Crippen molar-refractivity contribution >= 4 is 21.9 Å². The molecule has 1 aliphatic heterocycles. The van der Waals surface area contributed by atoms with E-state index in [1.54, 1.807) is 23.1 Å². The lowest BCUT2D eigenvalue weighted by Crippen LogP contribution is -2.45. The molecule has 1 aliphatic rings. The predicted molar refractivity (Wildman–Crippen MR) is 162 cm³/mol. The second kappa shape index (κ2) is 11.7. The van der Waals surface area contributed by atoms with Crippen LogP contribution < -0.4 is 9.46 Å². The highest BCUT2D eigenvalue weighted by atomic mass is 32.2. The Labute approximate surface area is 251 Å². The number of sulfonamides is 1. The zero-order valence-corrected chi connectivity index (χ0v) is 25.6. The van der Waals surface area contributed by atoms with Crippen LogP contribution in [0.4, 0.5) is 10.3 Å². The number of ether oxygens (including phenoxy) is 1. The first kappa shape index (κ1) is 30.1. The lowest BCUT2D eigenvalue weighted by atomic mass is 9.87. The smallest absolute Gasteiger partial charge is 0.264 e. The number of carbonyl (C=O) groups excluding carboxylic acids is 1. The number of benzene rings is 2. The lowest BCUT2D eigenvalue weighted by molar-refractivity contribution is 0.0512. The van der Waals surface area contributed by atoms with Gasteiger partial charge >= 0.3 is 0 Å². The molecular formula is C32H34FN5O4S. The fourth-order valence-corrected chi connectivity index (χ4v) is 6.23. The average Bonchev–Trinajstić information content (AvgIpc) is 2.93. The minimum atomic E-state index is -4.18. The third-order valence-corrected chi connectivity index (χ3v) is 8.50. The van der Waals surface area contributed by atoms with Crippen LogP contribution in [0.1, 0.15) is 54.2 Å². The van der Waals surface area contributed by atoms with Crippen molar-refractivity contribution in [3.05, 3.63) is 95.1 Å². The number of nitrogens with one attached hydrogen (secondary N) is 1. The number of carbonyl (C=O) groups is 1. The second-order valence-electron chi connectivity index (χ2n) is 12.0. The van der Waals surface area contributed by atoms with E-state index in [2.05, 4.69) is 40.4 Å². The van der Waals surface area contributed by atoms with Crippen LogP contribution in [0.5, 0.6) is 5.88 Å². The van der Waals surface area contributed by atoms with Crippen LogP contribution in [0.25, 0.3) is 11.3 Å². The van der Waals surface area contributed by atoms with Crippen LogP contribution in [-0.2, 0) is 16.6 Å². The van der Waals surface area contributed by atoms with E-state index in [0.717, 1.165) is 16.7 Å². The fourth-order valence-electron chi connectivity index (χ4n) is 5.24. The summed E-state index contributed by atoms with van der Waals surface area (Å²) < 4.78 is 49.4. The molecule has 2 aromatic heterocycles. The Bertz CT molecular complexity index is 1750. The highest BCUT2D eigenvalue weighted by molar-refractivity contribution is 7.92. The Hall–Kier alpha value is -4.38. The summed E-state index contributed by atoms with van der Waals surface area (Å²) in [4.78, 5) is 28.4. The van der Waals surface area contributed by atoms with Crippen molar-refractivity contribution < 1.29 is 22.3 Å². The van der Waals surface area contributed by atoms with E-state index in [-0.39, 0.29) is 40.9 Å². The van der Waals surface area contributed by atoms with Crippen LogP contribution in [0.15, 0.2) is 71.8 Å². The van der Waals surface area contributed by atoms with Crippen molar-refractivity contribution in [2.24, 2.45) is 5.41 Å². The monoisotopic (exact) mass is 603 g/mol. The average molecular weight is 604 g/mol. The van der Waals surface area contributed by atoms with E-state index in [9.17, 15) is 17.6 Å². The zero-order chi connectivity index (χ0) is 30.9. The van der Waals surface area contributed by atoms with Gasteiger partial charge in [0.05, 0.1) is 16.6 Å². The molecular weight excluding hydrogens is 569 g/mol. The number of nitrogens with zero attached hydrogens (tertiary/aromatic N) is 4. The maximum Gasteiger partial charge on any atom is 0.264 e. The Balaban J connectivity index is 1.68. The molecule has 4 aromatic rings. The number of rotatable bonds is 4. The summed E-state index contributed by atoms with van der Waals surface area (Å²) in [5.74, 6) is -1.01. The molecule has 5 rings (SSSR count). The maximum absolute atomic E-state index is 14.1. The van der Waals surface area contributed by atoms with Gasteiger partial charge in [-0.25, -0.2) is 23.1 Å². The van der Waals surface area contributed by atoms with Crippen LogP contribution in [0.3, 0.4) is 0 Å². The van der Waals surface area contributed by atoms with E-state index >= 15 is 0 Å². The van der Waals surface area contributed by atoms with Crippen molar-refractivity contribution in [3.63, 3.8) is 0 Å². The summed E-state index contributed by atoms with van der Waals surface area (Å²) in [7, 11) is -4.18. The number of amides is 1. The van der Waals surface area contributed by atoms with Gasteiger partial charge < -0.3 is 9.64 Å². The number of fused-ring (bicyclic) bond motifs is 4. The minimum absolute atomic E-state index is 0.0622. The fraction of sp³-hybridized carbons (Fsp3) is 0.312. The summed E-state index contributed by atoms with van der Waals surface area (Å²) in [5, 5.41) is 0. The number of hydrogen-bond acceptors (Lipinski definition) is 7. The molecule has 1 amide bonds. The second-order valence-corrected chi connectivity index (χ2v) is 13.6. The molecule has 0 radical (unpaired) electrons. The topological polar surface area (TPSA) is 114 Å². The van der Waals surface area contributed by atoms with Crippen LogP contribution in [0, 0.1) is 25.2 Å². The van der Waals surface area contributed by atoms with Gasteiger partial charge in [0.15, 0.2) is 0 Å². The molecule has 1 atom stereocenters. The number of anilines is 1. The van der Waals surface area contributed by atoms with Gasteiger partial charge in [0.25, 0.3) is 15.9 Å². The zero-order valence-electron chi connectivity index (χ0n) is 24.8. The molecule has 224 valence electrons. The SMILES string of the molecule is Cc1cccc(C)c1-c1cc2nc(n1)NS(=O)(=O)c1cccc(c1)C(=O)N(Cc1ccc(F)nc1)[C@H](CC(C)(C)C)CO2. The minimum Gasteiger partial charge on any atom is -0.475 e. The van der Waals surface area contributed by atoms with Crippen LogP contribution in [0.2, 0.25) is 0 Å². The number of hydrogen-bond donors (Lipinski definition) is 1. The highest BCUT2D eigenvalue weighted by Crippen LogP contribution is 2.31. The van der Waals surface area contributed by atoms with Crippen molar-refractivity contribution in [1.82, 2.24) is 19.9 Å². The third-order valence-electron chi connectivity index (χ3n) is 7.17. The van der Waals surface area contributed by atoms with E-state index in [4.69, 9.17) is 4.74 Å². The molecule has 1 N–H and O–H groups in total.